The number of benzene rings is 1. The van der Waals surface area contributed by atoms with Crippen molar-refractivity contribution in [1.82, 2.24) is 10.3 Å². The maximum Gasteiger partial charge on any atom is 0.320 e. The van der Waals surface area contributed by atoms with Crippen LogP contribution in [0.25, 0.3) is 0 Å². The van der Waals surface area contributed by atoms with Crippen molar-refractivity contribution in [3.05, 3.63) is 54.5 Å². The van der Waals surface area contributed by atoms with Crippen LogP contribution in [0.4, 0.5) is 15.0 Å². The molecular formula is C15H16FN3O2. The summed E-state index contributed by atoms with van der Waals surface area (Å²) < 4.78 is 18.9. The number of carbonyl (C=O) groups excluding carboxylic acids is 1. The number of pyridine rings is 1. The molecule has 2 amide bonds. The maximum absolute atomic E-state index is 13.3. The maximum atomic E-state index is 13.3. The predicted octanol–water partition coefficient (Wildman–Crippen LogP) is 2.81. The average Bonchev–Trinajstić information content (AvgIpc) is 2.49. The molecule has 1 atom stereocenters. The Hall–Kier alpha value is -2.63. The molecule has 0 aliphatic rings. The number of ether oxygens (including phenoxy) is 1. The third-order valence-corrected chi connectivity index (χ3v) is 2.62. The monoisotopic (exact) mass is 289 g/mol. The van der Waals surface area contributed by atoms with Crippen molar-refractivity contribution in [2.45, 2.75) is 13.0 Å². The molecule has 1 aromatic carbocycles. The Balaban J connectivity index is 1.77. The Labute approximate surface area is 122 Å². The second-order valence-corrected chi connectivity index (χ2v) is 4.41. The highest BCUT2D eigenvalue weighted by Gasteiger charge is 2.09. The van der Waals surface area contributed by atoms with Crippen LogP contribution in [0.3, 0.4) is 0 Å². The molecule has 0 saturated carbocycles. The van der Waals surface area contributed by atoms with Gasteiger partial charge in [-0.3, -0.25) is 5.32 Å². The minimum atomic E-state index is -0.582. The van der Waals surface area contributed by atoms with Gasteiger partial charge in [-0.05, 0) is 31.2 Å². The summed E-state index contributed by atoms with van der Waals surface area (Å²) in [7, 11) is 0. The zero-order valence-corrected chi connectivity index (χ0v) is 11.5. The highest BCUT2D eigenvalue weighted by atomic mass is 19.1. The predicted molar refractivity (Wildman–Crippen MR) is 77.7 cm³/mol. The lowest BCUT2D eigenvalue weighted by Crippen LogP contribution is -2.36. The van der Waals surface area contributed by atoms with Gasteiger partial charge in [-0.25, -0.2) is 14.2 Å². The minimum absolute atomic E-state index is 0.105. The smallest absolute Gasteiger partial charge is 0.320 e. The van der Waals surface area contributed by atoms with Crippen molar-refractivity contribution in [2.75, 3.05) is 11.9 Å². The first kappa shape index (κ1) is 14.8. The van der Waals surface area contributed by atoms with Crippen LogP contribution in [0.15, 0.2) is 48.7 Å². The fourth-order valence-electron chi connectivity index (χ4n) is 1.64. The van der Waals surface area contributed by atoms with Gasteiger partial charge in [0.2, 0.25) is 0 Å². The standard InChI is InChI=1S/C15H16FN3O2/c1-11(21-12-6-3-2-4-7-12)10-18-15(20)19-14-13(16)8-5-9-17-14/h2-9,11H,10H2,1H3,(H2,17,18,19,20)/t11-/m1/s1. The number of para-hydroxylation sites is 1. The number of amides is 2. The van der Waals surface area contributed by atoms with Gasteiger partial charge in [-0.2, -0.15) is 0 Å². The van der Waals surface area contributed by atoms with E-state index in [2.05, 4.69) is 15.6 Å². The first-order chi connectivity index (χ1) is 10.1. The van der Waals surface area contributed by atoms with Gasteiger partial charge in [0.05, 0.1) is 6.54 Å². The van der Waals surface area contributed by atoms with E-state index in [0.717, 1.165) is 5.75 Å². The van der Waals surface area contributed by atoms with Gasteiger partial charge < -0.3 is 10.1 Å². The second kappa shape index (κ2) is 7.23. The highest BCUT2D eigenvalue weighted by molar-refractivity contribution is 5.88. The van der Waals surface area contributed by atoms with E-state index < -0.39 is 11.8 Å². The summed E-state index contributed by atoms with van der Waals surface area (Å²) >= 11 is 0. The van der Waals surface area contributed by atoms with Crippen LogP contribution in [0.2, 0.25) is 0 Å². The molecule has 0 saturated heterocycles. The van der Waals surface area contributed by atoms with Crippen molar-refractivity contribution in [1.29, 1.82) is 0 Å². The van der Waals surface area contributed by atoms with E-state index in [1.165, 1.54) is 18.3 Å². The molecule has 0 bridgehead atoms. The molecule has 2 aromatic rings. The molecule has 1 aromatic heterocycles. The molecule has 0 fully saturated rings. The third kappa shape index (κ3) is 4.76. The summed E-state index contributed by atoms with van der Waals surface area (Å²) in [5.74, 6) is 0.0378. The summed E-state index contributed by atoms with van der Waals surface area (Å²) in [6, 6.07) is 11.4. The Morgan fingerprint density at radius 1 is 1.29 bits per heavy atom. The number of hydrogen-bond donors (Lipinski definition) is 2. The van der Waals surface area contributed by atoms with Crippen LogP contribution in [-0.2, 0) is 0 Å². The van der Waals surface area contributed by atoms with Gasteiger partial charge in [0.25, 0.3) is 0 Å². The van der Waals surface area contributed by atoms with Gasteiger partial charge >= 0.3 is 6.03 Å². The van der Waals surface area contributed by atoms with E-state index in [1.54, 1.807) is 0 Å². The molecule has 0 unspecified atom stereocenters. The lowest BCUT2D eigenvalue weighted by atomic mass is 10.3. The van der Waals surface area contributed by atoms with E-state index >= 15 is 0 Å². The molecular weight excluding hydrogens is 273 g/mol. The fourth-order valence-corrected chi connectivity index (χ4v) is 1.64. The van der Waals surface area contributed by atoms with Crippen LogP contribution in [0, 0.1) is 5.82 Å². The van der Waals surface area contributed by atoms with Crippen LogP contribution in [0.1, 0.15) is 6.92 Å². The van der Waals surface area contributed by atoms with E-state index in [9.17, 15) is 9.18 Å². The van der Waals surface area contributed by atoms with Gasteiger partial charge in [0.1, 0.15) is 11.9 Å². The quantitative estimate of drug-likeness (QED) is 0.889. The van der Waals surface area contributed by atoms with E-state index in [0.29, 0.717) is 0 Å². The van der Waals surface area contributed by atoms with Gasteiger partial charge in [-0.1, -0.05) is 18.2 Å². The normalized spacial score (nSPS) is 11.5. The Morgan fingerprint density at radius 2 is 2.05 bits per heavy atom. The second-order valence-electron chi connectivity index (χ2n) is 4.41. The molecule has 2 N–H and O–H groups in total. The summed E-state index contributed by atoms with van der Waals surface area (Å²) in [5, 5.41) is 4.93. The minimum Gasteiger partial charge on any atom is -0.489 e. The van der Waals surface area contributed by atoms with Crippen LogP contribution in [0.5, 0.6) is 5.75 Å². The largest absolute Gasteiger partial charge is 0.489 e. The van der Waals surface area contributed by atoms with Crippen molar-refractivity contribution >= 4 is 11.8 Å². The summed E-state index contributed by atoms with van der Waals surface area (Å²) in [4.78, 5) is 15.4. The topological polar surface area (TPSA) is 63.2 Å². The highest BCUT2D eigenvalue weighted by Crippen LogP contribution is 2.10. The molecule has 2 rings (SSSR count). The lowest BCUT2D eigenvalue weighted by molar-refractivity contribution is 0.212. The first-order valence-electron chi connectivity index (χ1n) is 6.52. The van der Waals surface area contributed by atoms with E-state index in [-0.39, 0.29) is 18.5 Å². The van der Waals surface area contributed by atoms with E-state index in [4.69, 9.17) is 4.74 Å². The first-order valence-corrected chi connectivity index (χ1v) is 6.52. The van der Waals surface area contributed by atoms with Crippen molar-refractivity contribution in [2.24, 2.45) is 0 Å². The van der Waals surface area contributed by atoms with Crippen molar-refractivity contribution < 1.29 is 13.9 Å². The molecule has 0 radical (unpaired) electrons. The van der Waals surface area contributed by atoms with E-state index in [1.807, 2.05) is 37.3 Å². The number of rotatable bonds is 5. The van der Waals surface area contributed by atoms with Crippen molar-refractivity contribution in [3.63, 3.8) is 0 Å². The Bertz CT molecular complexity index is 592. The van der Waals surface area contributed by atoms with Crippen LogP contribution < -0.4 is 15.4 Å². The number of anilines is 1. The number of aromatic nitrogens is 1. The Kier molecular flexibility index (Phi) is 5.09. The lowest BCUT2D eigenvalue weighted by Gasteiger charge is -2.15. The average molecular weight is 289 g/mol. The summed E-state index contributed by atoms with van der Waals surface area (Å²) in [5.41, 5.74) is 0. The molecule has 0 aliphatic heterocycles. The number of halogens is 1. The van der Waals surface area contributed by atoms with Gasteiger partial charge in [0, 0.05) is 6.20 Å². The molecule has 1 heterocycles. The number of hydrogen-bond acceptors (Lipinski definition) is 3. The SMILES string of the molecule is C[C@H](CNC(=O)Nc1ncccc1F)Oc1ccccc1. The molecule has 110 valence electrons. The zero-order chi connectivity index (χ0) is 15.1. The van der Waals surface area contributed by atoms with Crippen LogP contribution >= 0.6 is 0 Å². The Morgan fingerprint density at radius 3 is 2.76 bits per heavy atom. The number of carbonyl (C=O) groups is 1. The third-order valence-electron chi connectivity index (χ3n) is 2.62. The number of nitrogens with zero attached hydrogens (tertiary/aromatic N) is 1. The van der Waals surface area contributed by atoms with Crippen LogP contribution in [-0.4, -0.2) is 23.7 Å². The molecule has 0 spiro atoms. The molecule has 21 heavy (non-hydrogen) atoms. The molecule has 5 nitrogen and oxygen atoms in total. The van der Waals surface area contributed by atoms with Gasteiger partial charge in [0.15, 0.2) is 11.6 Å². The summed E-state index contributed by atoms with van der Waals surface area (Å²) in [6.45, 7) is 2.11. The van der Waals surface area contributed by atoms with Gasteiger partial charge in [-0.15, -0.1) is 0 Å². The molecule has 0 aliphatic carbocycles. The zero-order valence-electron chi connectivity index (χ0n) is 11.5. The number of nitrogens with one attached hydrogen (secondary N) is 2. The fraction of sp³-hybridized carbons (Fsp3) is 0.200. The molecule has 6 heteroatoms. The summed E-state index contributed by atoms with van der Waals surface area (Å²) in [6.07, 6.45) is 1.19. The van der Waals surface area contributed by atoms with Crippen molar-refractivity contribution in [3.8, 4) is 5.75 Å². The number of urea groups is 1.